The highest BCUT2D eigenvalue weighted by Gasteiger charge is 2.61. The maximum Gasteiger partial charge on any atom is 0.361 e. The molecule has 2 unspecified atom stereocenters. The SMILES string of the molecule is CC[C@H]1Oc2c3c(c4c(N)c(N)c(=O)oc4c2C(O)C12N=N2)OC(N)(N)C(N)C3. The average Bonchev–Trinajstić information content (AvgIpc) is 3.45. The van der Waals surface area contributed by atoms with E-state index in [9.17, 15) is 9.90 Å². The van der Waals surface area contributed by atoms with Gasteiger partial charge in [0, 0.05) is 12.0 Å². The van der Waals surface area contributed by atoms with E-state index in [1.165, 1.54) is 0 Å². The molecule has 0 fully saturated rings. The zero-order valence-electron chi connectivity index (χ0n) is 15.5. The van der Waals surface area contributed by atoms with Gasteiger partial charge in [-0.3, -0.25) is 11.5 Å². The minimum Gasteiger partial charge on any atom is -0.485 e. The van der Waals surface area contributed by atoms with Gasteiger partial charge < -0.3 is 36.2 Å². The molecule has 3 aliphatic rings. The molecule has 1 aromatic heterocycles. The summed E-state index contributed by atoms with van der Waals surface area (Å²) in [7, 11) is 0. The zero-order chi connectivity index (χ0) is 20.9. The van der Waals surface area contributed by atoms with Gasteiger partial charge in [-0.1, -0.05) is 6.92 Å². The molecule has 0 aliphatic carbocycles. The largest absolute Gasteiger partial charge is 0.485 e. The number of ether oxygens (including phenoxy) is 2. The van der Waals surface area contributed by atoms with Crippen LogP contribution in [-0.4, -0.2) is 28.8 Å². The van der Waals surface area contributed by atoms with Crippen LogP contribution in [0.2, 0.25) is 0 Å². The third kappa shape index (κ3) is 2.13. The molecule has 5 rings (SSSR count). The summed E-state index contributed by atoms with van der Waals surface area (Å²) in [4.78, 5) is 12.2. The van der Waals surface area contributed by atoms with Gasteiger partial charge in [0.1, 0.15) is 23.3 Å². The van der Waals surface area contributed by atoms with Crippen molar-refractivity contribution < 1.29 is 19.0 Å². The molecule has 12 heteroatoms. The molecule has 1 aromatic carbocycles. The van der Waals surface area contributed by atoms with E-state index < -0.39 is 35.4 Å². The number of hydrogen-bond donors (Lipinski definition) is 6. The van der Waals surface area contributed by atoms with Crippen LogP contribution in [-0.2, 0) is 6.42 Å². The Kier molecular flexibility index (Phi) is 3.35. The van der Waals surface area contributed by atoms with Crippen LogP contribution in [0.15, 0.2) is 19.4 Å². The number of nitrogens with two attached hydrogens (primary N) is 5. The first-order valence-corrected chi connectivity index (χ1v) is 9.14. The molecule has 1 spiro atoms. The molecule has 0 radical (unpaired) electrons. The van der Waals surface area contributed by atoms with E-state index >= 15 is 0 Å². The maximum atomic E-state index is 12.2. The second kappa shape index (κ2) is 5.36. The second-order valence-corrected chi connectivity index (χ2v) is 7.64. The Hall–Kier alpha value is -2.93. The van der Waals surface area contributed by atoms with E-state index in [1.54, 1.807) is 0 Å². The van der Waals surface area contributed by atoms with E-state index in [0.717, 1.165) is 0 Å². The summed E-state index contributed by atoms with van der Waals surface area (Å²) in [6, 6.07) is -0.780. The van der Waals surface area contributed by atoms with Gasteiger partial charge in [0.25, 0.3) is 5.66 Å². The summed E-state index contributed by atoms with van der Waals surface area (Å²) in [5, 5.41) is 19.4. The van der Waals surface area contributed by atoms with Crippen LogP contribution < -0.4 is 43.8 Å². The van der Waals surface area contributed by atoms with Crippen molar-refractivity contribution in [1.29, 1.82) is 0 Å². The molecule has 12 nitrogen and oxygen atoms in total. The highest BCUT2D eigenvalue weighted by molar-refractivity contribution is 6.03. The lowest BCUT2D eigenvalue weighted by Gasteiger charge is -2.41. The molecular weight excluding hydrogens is 382 g/mol. The van der Waals surface area contributed by atoms with Crippen molar-refractivity contribution in [2.24, 2.45) is 27.4 Å². The minimum atomic E-state index is -1.70. The van der Waals surface area contributed by atoms with E-state index in [2.05, 4.69) is 10.2 Å². The predicted octanol–water partition coefficient (Wildman–Crippen LogP) is -0.843. The number of fused-ring (bicyclic) bond motifs is 6. The number of aliphatic hydroxyl groups is 1. The van der Waals surface area contributed by atoms with Crippen LogP contribution in [0.3, 0.4) is 0 Å². The molecule has 29 heavy (non-hydrogen) atoms. The van der Waals surface area contributed by atoms with Crippen LogP contribution in [0.4, 0.5) is 11.4 Å². The lowest BCUT2D eigenvalue weighted by Crippen LogP contribution is -2.68. The number of rotatable bonds is 1. The first-order valence-electron chi connectivity index (χ1n) is 9.14. The van der Waals surface area contributed by atoms with Crippen molar-refractivity contribution in [2.45, 2.75) is 49.5 Å². The fourth-order valence-corrected chi connectivity index (χ4v) is 4.11. The average molecular weight is 403 g/mol. The van der Waals surface area contributed by atoms with Crippen molar-refractivity contribution in [1.82, 2.24) is 0 Å². The number of anilines is 2. The first-order chi connectivity index (χ1) is 13.6. The molecule has 2 aromatic rings. The van der Waals surface area contributed by atoms with Gasteiger partial charge in [0.2, 0.25) is 5.85 Å². The van der Waals surface area contributed by atoms with E-state index in [4.69, 9.17) is 42.6 Å². The molecular formula is C17H21N7O5. The van der Waals surface area contributed by atoms with E-state index in [-0.39, 0.29) is 45.8 Å². The summed E-state index contributed by atoms with van der Waals surface area (Å²) in [6.45, 7) is 1.88. The fourth-order valence-electron chi connectivity index (χ4n) is 4.11. The van der Waals surface area contributed by atoms with Crippen molar-refractivity contribution >= 4 is 22.3 Å². The predicted molar refractivity (Wildman–Crippen MR) is 102 cm³/mol. The fraction of sp³-hybridized carbons (Fsp3) is 0.471. The van der Waals surface area contributed by atoms with Crippen molar-refractivity contribution in [3.05, 3.63) is 21.5 Å². The molecule has 154 valence electrons. The van der Waals surface area contributed by atoms with Crippen LogP contribution in [0.25, 0.3) is 11.0 Å². The Bertz CT molecular complexity index is 1150. The van der Waals surface area contributed by atoms with Crippen molar-refractivity contribution in [3.8, 4) is 11.5 Å². The number of nitrogens with zero attached hydrogens (tertiary/aromatic N) is 2. The van der Waals surface area contributed by atoms with Crippen LogP contribution in [0, 0.1) is 0 Å². The third-order valence-electron chi connectivity index (χ3n) is 5.86. The Balaban J connectivity index is 1.91. The number of hydrogen-bond acceptors (Lipinski definition) is 12. The summed E-state index contributed by atoms with van der Waals surface area (Å²) in [5.74, 6) is -1.28. The lowest BCUT2D eigenvalue weighted by atomic mass is 9.84. The quantitative estimate of drug-likeness (QED) is 0.255. The highest BCUT2D eigenvalue weighted by atomic mass is 16.5. The van der Waals surface area contributed by atoms with Crippen molar-refractivity contribution in [3.63, 3.8) is 0 Å². The normalized spacial score (nSPS) is 27.8. The number of nitrogen functional groups attached to an aromatic ring is 2. The summed E-state index contributed by atoms with van der Waals surface area (Å²) in [6.07, 6.45) is -1.06. The third-order valence-corrected chi connectivity index (χ3v) is 5.86. The topological polar surface area (TPSA) is 224 Å². The van der Waals surface area contributed by atoms with Crippen molar-refractivity contribution in [2.75, 3.05) is 11.5 Å². The Morgan fingerprint density at radius 1 is 1.21 bits per heavy atom. The summed E-state index contributed by atoms with van der Waals surface area (Å²) in [5.41, 5.74) is 28.3. The summed E-state index contributed by atoms with van der Waals surface area (Å²) >= 11 is 0. The monoisotopic (exact) mass is 403 g/mol. The highest BCUT2D eigenvalue weighted by Crippen LogP contribution is 2.58. The van der Waals surface area contributed by atoms with Crippen LogP contribution in [0.5, 0.6) is 11.5 Å². The molecule has 11 N–H and O–H groups in total. The van der Waals surface area contributed by atoms with Gasteiger partial charge in [-0.05, 0) is 6.42 Å². The van der Waals surface area contributed by atoms with Gasteiger partial charge in [-0.2, -0.15) is 10.2 Å². The Morgan fingerprint density at radius 2 is 1.90 bits per heavy atom. The molecule has 4 heterocycles. The maximum absolute atomic E-state index is 12.2. The molecule has 3 aliphatic heterocycles. The van der Waals surface area contributed by atoms with Gasteiger partial charge in [-0.15, -0.1) is 0 Å². The van der Waals surface area contributed by atoms with Crippen LogP contribution >= 0.6 is 0 Å². The Labute approximate surface area is 163 Å². The number of aliphatic hydroxyl groups excluding tert-OH is 1. The summed E-state index contributed by atoms with van der Waals surface area (Å²) < 4.78 is 17.4. The molecule has 0 saturated heterocycles. The standard InChI is InChI=1S/C17H21N7O5/c1-2-6-16(23-24-16)14(25)8-11(27-6)4-3-5(18)17(21,22)29-12(4)7-9(19)10(20)15(26)28-13(7)8/h5-6,14,25H,2-3,18-22H2,1H3/t5?,6-,14?/m1/s1. The van der Waals surface area contributed by atoms with E-state index in [1.807, 2.05) is 6.92 Å². The number of benzene rings is 1. The van der Waals surface area contributed by atoms with Gasteiger partial charge in [-0.25, -0.2) is 4.79 Å². The molecule has 3 atom stereocenters. The van der Waals surface area contributed by atoms with Gasteiger partial charge in [0.05, 0.1) is 22.7 Å². The van der Waals surface area contributed by atoms with Crippen LogP contribution in [0.1, 0.15) is 30.6 Å². The molecule has 0 saturated carbocycles. The first kappa shape index (κ1) is 18.1. The zero-order valence-corrected chi connectivity index (χ0v) is 15.5. The van der Waals surface area contributed by atoms with Gasteiger partial charge in [0.15, 0.2) is 11.7 Å². The second-order valence-electron chi connectivity index (χ2n) is 7.64. The van der Waals surface area contributed by atoms with E-state index in [0.29, 0.717) is 12.0 Å². The van der Waals surface area contributed by atoms with Gasteiger partial charge >= 0.3 is 5.63 Å². The smallest absolute Gasteiger partial charge is 0.361 e. The molecule has 0 bridgehead atoms. The molecule has 0 amide bonds. The lowest BCUT2D eigenvalue weighted by molar-refractivity contribution is 0.00995. The minimum absolute atomic E-state index is 0.0413. The Morgan fingerprint density at radius 3 is 2.52 bits per heavy atom.